The fourth-order valence-corrected chi connectivity index (χ4v) is 6.49. The maximum absolute atomic E-state index is 12.1. The van der Waals surface area contributed by atoms with Gasteiger partial charge in [-0.3, -0.25) is 4.79 Å². The maximum Gasteiger partial charge on any atom is 0.230 e. The first-order valence-electron chi connectivity index (χ1n) is 11.2. The number of methoxy groups -OCH3 is 1. The maximum atomic E-state index is 12.1. The number of rotatable bonds is 8. The lowest BCUT2D eigenvalue weighted by Crippen LogP contribution is -2.31. The van der Waals surface area contributed by atoms with Crippen LogP contribution in [0.3, 0.4) is 0 Å². The van der Waals surface area contributed by atoms with Crippen molar-refractivity contribution >= 4 is 29.4 Å². The van der Waals surface area contributed by atoms with Crippen LogP contribution in [0, 0.1) is 0 Å². The van der Waals surface area contributed by atoms with Gasteiger partial charge < -0.3 is 10.1 Å². The van der Waals surface area contributed by atoms with Gasteiger partial charge in [0.2, 0.25) is 5.91 Å². The minimum Gasteiger partial charge on any atom is -0.383 e. The zero-order chi connectivity index (χ0) is 22.4. The van der Waals surface area contributed by atoms with E-state index < -0.39 is 0 Å². The van der Waals surface area contributed by atoms with Crippen molar-refractivity contribution in [1.29, 1.82) is 0 Å². The zero-order valence-corrected chi connectivity index (χ0v) is 21.6. The van der Waals surface area contributed by atoms with Crippen LogP contribution in [0.2, 0.25) is 0 Å². The van der Waals surface area contributed by atoms with E-state index in [-0.39, 0.29) is 16.7 Å². The first kappa shape index (κ1) is 25.6. The highest BCUT2D eigenvalue weighted by atomic mass is 32.2. The first-order chi connectivity index (χ1) is 14.0. The van der Waals surface area contributed by atoms with Gasteiger partial charge in [0.05, 0.1) is 12.4 Å². The first-order valence-corrected chi connectivity index (χ1v) is 13.1. The van der Waals surface area contributed by atoms with Crippen molar-refractivity contribution in [3.8, 4) is 0 Å². The van der Waals surface area contributed by atoms with Crippen molar-refractivity contribution in [2.45, 2.75) is 93.5 Å². The number of nitrogens with one attached hydrogen (secondary N) is 1. The molecule has 0 aromatic heterocycles. The molecule has 0 heterocycles. The van der Waals surface area contributed by atoms with Crippen molar-refractivity contribution < 1.29 is 9.53 Å². The summed E-state index contributed by atoms with van der Waals surface area (Å²) in [7, 11) is 1.66. The monoisotopic (exact) mass is 451 g/mol. The Hall–Kier alpha value is -0.650. The van der Waals surface area contributed by atoms with E-state index in [0.717, 1.165) is 0 Å². The molecule has 0 spiro atoms. The number of benzene rings is 1. The highest BCUT2D eigenvalue weighted by Crippen LogP contribution is 2.41. The van der Waals surface area contributed by atoms with E-state index in [4.69, 9.17) is 4.74 Å². The Bertz CT molecular complexity index is 659. The summed E-state index contributed by atoms with van der Waals surface area (Å²) in [6.07, 6.45) is 5.01. The Labute approximate surface area is 192 Å². The highest BCUT2D eigenvalue weighted by molar-refractivity contribution is 8.04. The van der Waals surface area contributed by atoms with E-state index in [0.29, 0.717) is 29.4 Å². The van der Waals surface area contributed by atoms with Gasteiger partial charge in [0, 0.05) is 29.0 Å². The molecule has 1 N–H and O–H groups in total. The molecule has 30 heavy (non-hydrogen) atoms. The summed E-state index contributed by atoms with van der Waals surface area (Å²) in [6, 6.07) is 7.18. The molecule has 5 heteroatoms. The summed E-state index contributed by atoms with van der Waals surface area (Å²) in [5.74, 6) is 0.664. The van der Waals surface area contributed by atoms with Crippen molar-refractivity contribution in [3.63, 3.8) is 0 Å². The number of carbonyl (C=O) groups is 1. The van der Waals surface area contributed by atoms with Gasteiger partial charge in [0.15, 0.2) is 0 Å². The highest BCUT2D eigenvalue weighted by Gasteiger charge is 2.28. The SMILES string of the molecule is COCCNC(=O)CSC1CCCCC1Sc1cc(C(C)(C)C)cc(C(C)(C)C)c1. The van der Waals surface area contributed by atoms with E-state index in [9.17, 15) is 4.79 Å². The van der Waals surface area contributed by atoms with Gasteiger partial charge in [0.1, 0.15) is 0 Å². The zero-order valence-electron chi connectivity index (χ0n) is 20.0. The van der Waals surface area contributed by atoms with E-state index in [1.165, 1.54) is 41.7 Å². The molecule has 3 nitrogen and oxygen atoms in total. The smallest absolute Gasteiger partial charge is 0.230 e. The molecule has 2 rings (SSSR count). The number of ether oxygens (including phenoxy) is 1. The molecule has 1 aromatic carbocycles. The largest absolute Gasteiger partial charge is 0.383 e. The number of thioether (sulfide) groups is 2. The van der Waals surface area contributed by atoms with E-state index >= 15 is 0 Å². The van der Waals surface area contributed by atoms with Crippen LogP contribution in [-0.4, -0.2) is 42.4 Å². The molecule has 0 bridgehead atoms. The summed E-state index contributed by atoms with van der Waals surface area (Å²) in [6.45, 7) is 14.9. The normalized spacial score (nSPS) is 20.2. The predicted octanol–water partition coefficient (Wildman–Crippen LogP) is 6.18. The van der Waals surface area contributed by atoms with E-state index in [2.05, 4.69) is 65.1 Å². The van der Waals surface area contributed by atoms with Gasteiger partial charge in [-0.25, -0.2) is 0 Å². The lowest BCUT2D eigenvalue weighted by Gasteiger charge is -2.32. The lowest BCUT2D eigenvalue weighted by molar-refractivity contribution is -0.118. The van der Waals surface area contributed by atoms with Gasteiger partial charge in [0.25, 0.3) is 0 Å². The second kappa shape index (κ2) is 11.3. The van der Waals surface area contributed by atoms with Crippen LogP contribution in [-0.2, 0) is 20.4 Å². The number of hydrogen-bond donors (Lipinski definition) is 1. The van der Waals surface area contributed by atoms with Crippen LogP contribution in [0.15, 0.2) is 23.1 Å². The van der Waals surface area contributed by atoms with Crippen molar-refractivity contribution in [2.75, 3.05) is 26.0 Å². The Morgan fingerprint density at radius 3 is 2.10 bits per heavy atom. The molecular weight excluding hydrogens is 410 g/mol. The third-order valence-electron chi connectivity index (χ3n) is 5.62. The Morgan fingerprint density at radius 1 is 1.00 bits per heavy atom. The Balaban J connectivity index is 2.11. The van der Waals surface area contributed by atoms with Crippen LogP contribution >= 0.6 is 23.5 Å². The van der Waals surface area contributed by atoms with Crippen LogP contribution in [0.5, 0.6) is 0 Å². The molecule has 170 valence electrons. The van der Waals surface area contributed by atoms with E-state index in [1.807, 2.05) is 23.5 Å². The van der Waals surface area contributed by atoms with Crippen molar-refractivity contribution in [2.24, 2.45) is 0 Å². The van der Waals surface area contributed by atoms with Crippen molar-refractivity contribution in [3.05, 3.63) is 29.3 Å². The third-order valence-corrected chi connectivity index (χ3v) is 8.59. The van der Waals surface area contributed by atoms with Gasteiger partial charge in [-0.2, -0.15) is 0 Å². The van der Waals surface area contributed by atoms with Gasteiger partial charge in [-0.1, -0.05) is 60.5 Å². The Kier molecular flexibility index (Phi) is 9.63. The molecule has 0 aliphatic heterocycles. The second-order valence-corrected chi connectivity index (χ2v) is 12.9. The van der Waals surface area contributed by atoms with E-state index in [1.54, 1.807) is 7.11 Å². The molecule has 2 atom stereocenters. The molecule has 1 fully saturated rings. The molecule has 1 aliphatic carbocycles. The molecular formula is C25H41NO2S2. The molecule has 1 amide bonds. The second-order valence-electron chi connectivity index (χ2n) is 10.4. The van der Waals surface area contributed by atoms with Crippen LogP contribution in [0.4, 0.5) is 0 Å². The molecule has 0 radical (unpaired) electrons. The van der Waals surface area contributed by atoms with Crippen LogP contribution in [0.25, 0.3) is 0 Å². The van der Waals surface area contributed by atoms with Crippen molar-refractivity contribution in [1.82, 2.24) is 5.32 Å². The topological polar surface area (TPSA) is 38.3 Å². The minimum atomic E-state index is 0.121. The van der Waals surface area contributed by atoms with Gasteiger partial charge in [-0.05, 0) is 46.9 Å². The predicted molar refractivity (Wildman–Crippen MR) is 133 cm³/mol. The third kappa shape index (κ3) is 8.12. The number of carbonyl (C=O) groups excluding carboxylic acids is 1. The fourth-order valence-electron chi connectivity index (χ4n) is 3.62. The average Bonchev–Trinajstić information content (AvgIpc) is 2.66. The average molecular weight is 452 g/mol. The molecule has 0 saturated heterocycles. The molecule has 1 aromatic rings. The summed E-state index contributed by atoms with van der Waals surface area (Å²) in [4.78, 5) is 13.5. The number of amides is 1. The minimum absolute atomic E-state index is 0.121. The summed E-state index contributed by atoms with van der Waals surface area (Å²) >= 11 is 3.87. The molecule has 2 unspecified atom stereocenters. The summed E-state index contributed by atoms with van der Waals surface area (Å²) < 4.78 is 5.01. The quantitative estimate of drug-likeness (QED) is 0.479. The van der Waals surface area contributed by atoms with Crippen LogP contribution < -0.4 is 5.32 Å². The number of hydrogen-bond acceptors (Lipinski definition) is 4. The van der Waals surface area contributed by atoms with Gasteiger partial charge in [-0.15, -0.1) is 23.5 Å². The van der Waals surface area contributed by atoms with Gasteiger partial charge >= 0.3 is 0 Å². The summed E-state index contributed by atoms with van der Waals surface area (Å²) in [5.41, 5.74) is 3.10. The lowest BCUT2D eigenvalue weighted by atomic mass is 9.81. The van der Waals surface area contributed by atoms with Crippen LogP contribution in [0.1, 0.15) is 78.4 Å². The molecule has 1 saturated carbocycles. The Morgan fingerprint density at radius 2 is 1.57 bits per heavy atom. The molecule has 1 aliphatic rings. The fraction of sp³-hybridized carbons (Fsp3) is 0.720. The summed E-state index contributed by atoms with van der Waals surface area (Å²) in [5, 5.41) is 4.05. The standard InChI is InChI=1S/C25H41NO2S2/c1-24(2,3)18-14-19(25(4,5)6)16-20(15-18)30-22-11-9-8-10-21(22)29-17-23(27)26-12-13-28-7/h14-16,21-22H,8-13,17H2,1-7H3,(H,26,27).